The van der Waals surface area contributed by atoms with E-state index in [0.29, 0.717) is 0 Å². The fourth-order valence-electron chi connectivity index (χ4n) is 3.21. The van der Waals surface area contributed by atoms with Crippen molar-refractivity contribution in [3.63, 3.8) is 0 Å². The number of benzene rings is 1. The first-order valence-corrected chi connectivity index (χ1v) is 8.34. The molecule has 1 aromatic carbocycles. The van der Waals surface area contributed by atoms with Crippen LogP contribution >= 0.6 is 0 Å². The minimum Gasteiger partial charge on any atom is -0.368 e. The van der Waals surface area contributed by atoms with Crippen LogP contribution < -0.4 is 10.2 Å². The number of carbonyl (C=O) groups is 1. The highest BCUT2D eigenvalue weighted by molar-refractivity contribution is 5.83. The maximum atomic E-state index is 12.8. The van der Waals surface area contributed by atoms with Crippen LogP contribution in [0.3, 0.4) is 0 Å². The zero-order valence-electron chi connectivity index (χ0n) is 14.6. The summed E-state index contributed by atoms with van der Waals surface area (Å²) in [5.74, 6) is 0.120. The Kier molecular flexibility index (Phi) is 4.85. The molecular weight excluding hydrogens is 302 g/mol. The Morgan fingerprint density at radius 1 is 1.25 bits per heavy atom. The van der Waals surface area contributed by atoms with Crippen LogP contribution in [0.4, 0.5) is 5.69 Å². The molecule has 1 unspecified atom stereocenters. The monoisotopic (exact) mass is 327 g/mol. The SMILES string of the molecule is CNC(C(=O)N1CCN(c2cccc(C)c2)CC1)c1cnn(C)c1. The van der Waals surface area contributed by atoms with E-state index in [1.54, 1.807) is 10.9 Å². The lowest BCUT2D eigenvalue weighted by Crippen LogP contribution is -2.51. The summed E-state index contributed by atoms with van der Waals surface area (Å²) in [5, 5.41) is 7.29. The van der Waals surface area contributed by atoms with Crippen molar-refractivity contribution in [1.82, 2.24) is 20.0 Å². The van der Waals surface area contributed by atoms with Gasteiger partial charge in [0.15, 0.2) is 0 Å². The average Bonchev–Trinajstić information content (AvgIpc) is 3.02. The first-order valence-electron chi connectivity index (χ1n) is 8.34. The molecule has 1 amide bonds. The normalized spacial score (nSPS) is 16.3. The number of aromatic nitrogens is 2. The van der Waals surface area contributed by atoms with E-state index in [0.717, 1.165) is 31.7 Å². The fourth-order valence-corrected chi connectivity index (χ4v) is 3.21. The van der Waals surface area contributed by atoms with E-state index in [1.807, 2.05) is 25.2 Å². The van der Waals surface area contributed by atoms with Crippen LogP contribution in [0.5, 0.6) is 0 Å². The van der Waals surface area contributed by atoms with E-state index in [9.17, 15) is 4.79 Å². The van der Waals surface area contributed by atoms with Crippen molar-refractivity contribution in [1.29, 1.82) is 0 Å². The van der Waals surface area contributed by atoms with Gasteiger partial charge in [-0.05, 0) is 31.7 Å². The first kappa shape index (κ1) is 16.5. The van der Waals surface area contributed by atoms with Crippen molar-refractivity contribution in [2.24, 2.45) is 7.05 Å². The molecule has 1 fully saturated rings. The zero-order valence-corrected chi connectivity index (χ0v) is 14.6. The molecule has 6 heteroatoms. The molecule has 1 saturated heterocycles. The number of carbonyl (C=O) groups excluding carboxylic acids is 1. The average molecular weight is 327 g/mol. The number of amides is 1. The van der Waals surface area contributed by atoms with E-state index in [1.165, 1.54) is 11.3 Å². The van der Waals surface area contributed by atoms with Crippen molar-refractivity contribution in [2.45, 2.75) is 13.0 Å². The zero-order chi connectivity index (χ0) is 17.1. The van der Waals surface area contributed by atoms with E-state index < -0.39 is 0 Å². The minimum atomic E-state index is -0.329. The van der Waals surface area contributed by atoms with Crippen LogP contribution in [-0.2, 0) is 11.8 Å². The summed E-state index contributed by atoms with van der Waals surface area (Å²) >= 11 is 0. The van der Waals surface area contributed by atoms with E-state index in [4.69, 9.17) is 0 Å². The van der Waals surface area contributed by atoms with E-state index in [2.05, 4.69) is 46.5 Å². The highest BCUT2D eigenvalue weighted by atomic mass is 16.2. The van der Waals surface area contributed by atoms with Gasteiger partial charge in [0.1, 0.15) is 6.04 Å². The van der Waals surface area contributed by atoms with Crippen LogP contribution in [0.25, 0.3) is 0 Å². The van der Waals surface area contributed by atoms with Crippen molar-refractivity contribution < 1.29 is 4.79 Å². The van der Waals surface area contributed by atoms with Gasteiger partial charge in [-0.25, -0.2) is 0 Å². The predicted octanol–water partition coefficient (Wildman–Crippen LogP) is 1.34. The lowest BCUT2D eigenvalue weighted by molar-refractivity contribution is -0.133. The van der Waals surface area contributed by atoms with Crippen LogP contribution in [0.1, 0.15) is 17.2 Å². The Morgan fingerprint density at radius 2 is 2.00 bits per heavy atom. The van der Waals surface area contributed by atoms with Gasteiger partial charge < -0.3 is 15.1 Å². The van der Waals surface area contributed by atoms with Gasteiger partial charge in [-0.2, -0.15) is 5.10 Å². The number of rotatable bonds is 4. The second-order valence-electron chi connectivity index (χ2n) is 6.32. The number of piperazine rings is 1. The smallest absolute Gasteiger partial charge is 0.244 e. The lowest BCUT2D eigenvalue weighted by Gasteiger charge is -2.37. The van der Waals surface area contributed by atoms with E-state index >= 15 is 0 Å². The second-order valence-corrected chi connectivity index (χ2v) is 6.32. The Balaban J connectivity index is 1.64. The summed E-state index contributed by atoms with van der Waals surface area (Å²) in [6.07, 6.45) is 3.64. The third kappa shape index (κ3) is 3.43. The summed E-state index contributed by atoms with van der Waals surface area (Å²) in [6.45, 7) is 5.31. The summed E-state index contributed by atoms with van der Waals surface area (Å²) < 4.78 is 1.72. The van der Waals surface area contributed by atoms with Gasteiger partial charge in [0, 0.05) is 50.7 Å². The Bertz CT molecular complexity index is 703. The minimum absolute atomic E-state index is 0.120. The summed E-state index contributed by atoms with van der Waals surface area (Å²) in [6, 6.07) is 8.19. The number of aryl methyl sites for hydroxylation is 2. The van der Waals surface area contributed by atoms with Gasteiger partial charge in [0.05, 0.1) is 6.20 Å². The molecule has 1 N–H and O–H groups in total. The highest BCUT2D eigenvalue weighted by Gasteiger charge is 2.28. The number of nitrogens with zero attached hydrogens (tertiary/aromatic N) is 4. The van der Waals surface area contributed by atoms with Crippen molar-refractivity contribution in [3.8, 4) is 0 Å². The molecule has 2 aromatic rings. The maximum absolute atomic E-state index is 12.8. The first-order chi connectivity index (χ1) is 11.6. The third-order valence-electron chi connectivity index (χ3n) is 4.55. The van der Waals surface area contributed by atoms with Crippen LogP contribution in [0.15, 0.2) is 36.7 Å². The van der Waals surface area contributed by atoms with Gasteiger partial charge in [-0.3, -0.25) is 9.48 Å². The molecule has 1 aliphatic heterocycles. The molecule has 0 bridgehead atoms. The molecule has 6 nitrogen and oxygen atoms in total. The molecule has 2 heterocycles. The summed E-state index contributed by atoms with van der Waals surface area (Å²) in [7, 11) is 3.68. The van der Waals surface area contributed by atoms with E-state index in [-0.39, 0.29) is 11.9 Å². The topological polar surface area (TPSA) is 53.4 Å². The molecule has 3 rings (SSSR count). The molecule has 0 aliphatic carbocycles. The molecule has 1 aliphatic rings. The molecule has 0 saturated carbocycles. The molecule has 1 aromatic heterocycles. The van der Waals surface area contributed by atoms with Gasteiger partial charge in [0.2, 0.25) is 5.91 Å². The third-order valence-corrected chi connectivity index (χ3v) is 4.55. The number of anilines is 1. The standard InChI is InChI=1S/C18H25N5O/c1-14-5-4-6-16(11-14)22-7-9-23(10-8-22)18(24)17(19-2)15-12-20-21(3)13-15/h4-6,11-13,17,19H,7-10H2,1-3H3. The van der Waals surface area contributed by atoms with Crippen LogP contribution in [0.2, 0.25) is 0 Å². The Hall–Kier alpha value is -2.34. The highest BCUT2D eigenvalue weighted by Crippen LogP contribution is 2.20. The molecule has 24 heavy (non-hydrogen) atoms. The lowest BCUT2D eigenvalue weighted by atomic mass is 10.1. The number of hydrogen-bond donors (Lipinski definition) is 1. The quantitative estimate of drug-likeness (QED) is 0.921. The van der Waals surface area contributed by atoms with Gasteiger partial charge >= 0.3 is 0 Å². The number of hydrogen-bond acceptors (Lipinski definition) is 4. The largest absolute Gasteiger partial charge is 0.368 e. The van der Waals surface area contributed by atoms with Gasteiger partial charge in [-0.15, -0.1) is 0 Å². The molecule has 0 spiro atoms. The van der Waals surface area contributed by atoms with Crippen LogP contribution in [-0.4, -0.2) is 53.8 Å². The van der Waals surface area contributed by atoms with Gasteiger partial charge in [-0.1, -0.05) is 12.1 Å². The van der Waals surface area contributed by atoms with Gasteiger partial charge in [0.25, 0.3) is 0 Å². The van der Waals surface area contributed by atoms with Crippen LogP contribution in [0, 0.1) is 6.92 Å². The molecule has 1 atom stereocenters. The maximum Gasteiger partial charge on any atom is 0.244 e. The summed E-state index contributed by atoms with van der Waals surface area (Å²) in [4.78, 5) is 17.1. The van der Waals surface area contributed by atoms with Crippen molar-refractivity contribution in [2.75, 3.05) is 38.1 Å². The van der Waals surface area contributed by atoms with Crippen molar-refractivity contribution in [3.05, 3.63) is 47.8 Å². The summed E-state index contributed by atoms with van der Waals surface area (Å²) in [5.41, 5.74) is 3.41. The molecule has 0 radical (unpaired) electrons. The number of likely N-dealkylation sites (N-methyl/N-ethyl adjacent to an activating group) is 1. The molecular formula is C18H25N5O. The Labute approximate surface area is 143 Å². The number of nitrogens with one attached hydrogen (secondary N) is 1. The predicted molar refractivity (Wildman–Crippen MR) is 95.0 cm³/mol. The molecule has 128 valence electrons. The Morgan fingerprint density at radius 3 is 2.58 bits per heavy atom. The fraction of sp³-hybridized carbons (Fsp3) is 0.444. The van der Waals surface area contributed by atoms with Crippen molar-refractivity contribution >= 4 is 11.6 Å². The second kappa shape index (κ2) is 7.05.